The second-order valence-electron chi connectivity index (χ2n) is 11.2. The van der Waals surface area contributed by atoms with Crippen LogP contribution in [0.25, 0.3) is 17.5 Å². The maximum absolute atomic E-state index is 13.7. The molecule has 0 aliphatic carbocycles. The van der Waals surface area contributed by atoms with Crippen LogP contribution in [-0.4, -0.2) is 56.0 Å². The lowest BCUT2D eigenvalue weighted by atomic mass is 9.98. The standard InChI is InChI=1S/C30H33Cl2FN4O3/c1-30(2,3)40-29(39)36-16-13-22-26(28(38)35-14-5-4-6-15-35)34-37(24-12-9-20(31)18-23(24)32)27(22)25(36)17-19-7-10-21(33)11-8-19/h7-12,17-18,28,38H,4-6,13-16H2,1-3H3/b25-17-. The van der Waals surface area contributed by atoms with E-state index in [0.29, 0.717) is 51.3 Å². The molecule has 3 aromatic rings. The maximum Gasteiger partial charge on any atom is 0.414 e. The van der Waals surface area contributed by atoms with Crippen molar-refractivity contribution >= 4 is 41.1 Å². The van der Waals surface area contributed by atoms with Crippen LogP contribution in [0, 0.1) is 5.82 Å². The van der Waals surface area contributed by atoms with Crippen LogP contribution in [0.15, 0.2) is 42.5 Å². The number of hydrogen-bond donors (Lipinski definition) is 1. The fourth-order valence-electron chi connectivity index (χ4n) is 5.19. The van der Waals surface area contributed by atoms with Gasteiger partial charge in [-0.3, -0.25) is 9.80 Å². The van der Waals surface area contributed by atoms with Crippen molar-refractivity contribution in [1.29, 1.82) is 0 Å². The van der Waals surface area contributed by atoms with E-state index in [4.69, 9.17) is 33.0 Å². The number of halogens is 3. The smallest absolute Gasteiger partial charge is 0.414 e. The van der Waals surface area contributed by atoms with Crippen molar-refractivity contribution in [2.24, 2.45) is 0 Å². The highest BCUT2D eigenvalue weighted by Crippen LogP contribution is 2.39. The molecule has 212 valence electrons. The fourth-order valence-corrected chi connectivity index (χ4v) is 5.68. The molecule has 0 bridgehead atoms. The minimum absolute atomic E-state index is 0.314. The zero-order valence-electron chi connectivity index (χ0n) is 22.8. The molecule has 10 heteroatoms. The number of rotatable bonds is 4. The number of fused-ring (bicyclic) bond motifs is 1. The van der Waals surface area contributed by atoms with E-state index < -0.39 is 17.9 Å². The molecular formula is C30H33Cl2FN4O3. The average Bonchev–Trinajstić information content (AvgIpc) is 3.29. The number of carbonyl (C=O) groups is 1. The number of aromatic nitrogens is 2. The predicted molar refractivity (Wildman–Crippen MR) is 155 cm³/mol. The first kappa shape index (κ1) is 28.6. The number of piperidine rings is 1. The van der Waals surface area contributed by atoms with Gasteiger partial charge in [-0.05, 0) is 82.0 Å². The molecule has 2 aliphatic rings. The summed E-state index contributed by atoms with van der Waals surface area (Å²) in [6.45, 7) is 7.30. The van der Waals surface area contributed by atoms with Gasteiger partial charge in [-0.15, -0.1) is 0 Å². The van der Waals surface area contributed by atoms with E-state index in [1.165, 1.54) is 12.1 Å². The van der Waals surface area contributed by atoms with E-state index in [9.17, 15) is 14.3 Å². The second kappa shape index (κ2) is 11.5. The van der Waals surface area contributed by atoms with Gasteiger partial charge >= 0.3 is 6.09 Å². The average molecular weight is 588 g/mol. The van der Waals surface area contributed by atoms with Gasteiger partial charge in [0.15, 0.2) is 6.23 Å². The number of amides is 1. The van der Waals surface area contributed by atoms with Gasteiger partial charge in [-0.2, -0.15) is 5.10 Å². The topological polar surface area (TPSA) is 70.8 Å². The minimum atomic E-state index is -0.915. The van der Waals surface area contributed by atoms with Gasteiger partial charge in [0.1, 0.15) is 17.1 Å². The van der Waals surface area contributed by atoms with Crippen LogP contribution in [0.1, 0.15) is 68.8 Å². The van der Waals surface area contributed by atoms with Gasteiger partial charge < -0.3 is 9.84 Å². The van der Waals surface area contributed by atoms with E-state index in [1.807, 2.05) is 25.7 Å². The summed E-state index contributed by atoms with van der Waals surface area (Å²) in [6.07, 6.45) is 3.96. The number of ether oxygens (including phenoxy) is 1. The first-order valence-electron chi connectivity index (χ1n) is 13.5. The largest absolute Gasteiger partial charge is 0.443 e. The molecule has 1 amide bonds. The molecule has 2 aromatic carbocycles. The normalized spacial score (nSPS) is 18.1. The van der Waals surface area contributed by atoms with Crippen LogP contribution in [-0.2, 0) is 11.2 Å². The zero-order valence-corrected chi connectivity index (χ0v) is 24.3. The van der Waals surface area contributed by atoms with E-state index in [2.05, 4.69) is 0 Å². The molecule has 2 aliphatic heterocycles. The van der Waals surface area contributed by atoms with Crippen molar-refractivity contribution < 1.29 is 19.0 Å². The van der Waals surface area contributed by atoms with Gasteiger partial charge in [-0.25, -0.2) is 13.9 Å². The Morgan fingerprint density at radius 1 is 1.07 bits per heavy atom. The molecule has 1 fully saturated rings. The Balaban J connectivity index is 1.72. The minimum Gasteiger partial charge on any atom is -0.443 e. The molecular weight excluding hydrogens is 554 g/mol. The zero-order chi connectivity index (χ0) is 28.6. The van der Waals surface area contributed by atoms with E-state index in [1.54, 1.807) is 46.0 Å². The third-order valence-electron chi connectivity index (χ3n) is 7.04. The molecule has 0 spiro atoms. The van der Waals surface area contributed by atoms with Crippen LogP contribution in [0.4, 0.5) is 9.18 Å². The molecule has 7 nitrogen and oxygen atoms in total. The SMILES string of the molecule is CC(C)(C)OC(=O)N1CCc2c(C(O)N3CCCCC3)nn(-c3ccc(Cl)cc3Cl)c2/C1=C/c1ccc(F)cc1. The lowest BCUT2D eigenvalue weighted by molar-refractivity contribution is -0.0137. The Labute approximate surface area is 243 Å². The van der Waals surface area contributed by atoms with Crippen molar-refractivity contribution in [3.63, 3.8) is 0 Å². The number of hydrogen-bond acceptors (Lipinski definition) is 5. The van der Waals surface area contributed by atoms with Gasteiger partial charge in [0.05, 0.1) is 22.1 Å². The molecule has 1 saturated heterocycles. The van der Waals surface area contributed by atoms with Gasteiger partial charge in [0.2, 0.25) is 0 Å². The van der Waals surface area contributed by atoms with E-state index >= 15 is 0 Å². The quantitative estimate of drug-likeness (QED) is 0.353. The van der Waals surface area contributed by atoms with Crippen LogP contribution >= 0.6 is 23.2 Å². The number of aliphatic hydroxyl groups is 1. The molecule has 0 saturated carbocycles. The number of nitrogens with zero attached hydrogens (tertiary/aromatic N) is 4. The lowest BCUT2D eigenvalue weighted by Gasteiger charge is -2.34. The number of carbonyl (C=O) groups excluding carboxylic acids is 1. The van der Waals surface area contributed by atoms with Crippen LogP contribution < -0.4 is 0 Å². The Morgan fingerprint density at radius 2 is 1.77 bits per heavy atom. The number of likely N-dealkylation sites (tertiary alicyclic amines) is 1. The fraction of sp³-hybridized carbons (Fsp3) is 0.400. The van der Waals surface area contributed by atoms with Crippen LogP contribution in [0.2, 0.25) is 10.0 Å². The molecule has 0 radical (unpaired) electrons. The van der Waals surface area contributed by atoms with Crippen LogP contribution in [0.5, 0.6) is 0 Å². The molecule has 1 N–H and O–H groups in total. The summed E-state index contributed by atoms with van der Waals surface area (Å²) in [6, 6.07) is 11.1. The van der Waals surface area contributed by atoms with E-state index in [0.717, 1.165) is 37.9 Å². The highest BCUT2D eigenvalue weighted by atomic mass is 35.5. The number of benzene rings is 2. The first-order valence-corrected chi connectivity index (χ1v) is 14.2. The highest BCUT2D eigenvalue weighted by Gasteiger charge is 2.37. The molecule has 40 heavy (non-hydrogen) atoms. The van der Waals surface area contributed by atoms with Gasteiger partial charge in [-0.1, -0.05) is 41.8 Å². The molecule has 3 heterocycles. The van der Waals surface area contributed by atoms with Crippen molar-refractivity contribution in [3.8, 4) is 5.69 Å². The Morgan fingerprint density at radius 3 is 2.42 bits per heavy atom. The van der Waals surface area contributed by atoms with Crippen molar-refractivity contribution in [3.05, 3.63) is 80.8 Å². The molecule has 5 rings (SSSR count). The summed E-state index contributed by atoms with van der Waals surface area (Å²) in [5.41, 5.74) is 2.98. The Hall–Kier alpha value is -2.91. The predicted octanol–water partition coefficient (Wildman–Crippen LogP) is 7.09. The second-order valence-corrected chi connectivity index (χ2v) is 12.0. The maximum atomic E-state index is 13.7. The summed E-state index contributed by atoms with van der Waals surface area (Å²) in [4.78, 5) is 17.1. The monoisotopic (exact) mass is 586 g/mol. The summed E-state index contributed by atoms with van der Waals surface area (Å²) >= 11 is 12.9. The van der Waals surface area contributed by atoms with Crippen molar-refractivity contribution in [2.75, 3.05) is 19.6 Å². The first-order chi connectivity index (χ1) is 19.0. The molecule has 1 atom stereocenters. The third kappa shape index (κ3) is 6.05. The van der Waals surface area contributed by atoms with E-state index in [-0.39, 0.29) is 5.82 Å². The van der Waals surface area contributed by atoms with Crippen molar-refractivity contribution in [2.45, 2.75) is 58.3 Å². The summed E-state index contributed by atoms with van der Waals surface area (Å²) < 4.78 is 21.2. The molecule has 1 aromatic heterocycles. The highest BCUT2D eigenvalue weighted by molar-refractivity contribution is 6.35. The summed E-state index contributed by atoms with van der Waals surface area (Å²) in [5.74, 6) is -0.361. The van der Waals surface area contributed by atoms with Crippen LogP contribution in [0.3, 0.4) is 0 Å². The van der Waals surface area contributed by atoms with Gasteiger partial charge in [0.25, 0.3) is 0 Å². The Kier molecular flexibility index (Phi) is 8.25. The summed E-state index contributed by atoms with van der Waals surface area (Å²) in [7, 11) is 0. The van der Waals surface area contributed by atoms with Crippen molar-refractivity contribution in [1.82, 2.24) is 19.6 Å². The molecule has 1 unspecified atom stereocenters. The lowest BCUT2D eigenvalue weighted by Crippen LogP contribution is -2.40. The summed E-state index contributed by atoms with van der Waals surface area (Å²) in [5, 5.41) is 17.3. The third-order valence-corrected chi connectivity index (χ3v) is 7.58. The Bertz CT molecular complexity index is 1430. The van der Waals surface area contributed by atoms with Gasteiger partial charge in [0, 0.05) is 30.2 Å². The number of aliphatic hydroxyl groups excluding tert-OH is 1.